The van der Waals surface area contributed by atoms with Crippen LogP contribution in [0.2, 0.25) is 0 Å². The van der Waals surface area contributed by atoms with Crippen LogP contribution in [-0.2, 0) is 4.74 Å². The molecule has 2 aromatic rings. The number of ether oxygens (including phenoxy) is 3. The molecule has 0 aliphatic rings. The Kier molecular flexibility index (Phi) is 6.19. The van der Waals surface area contributed by atoms with Crippen molar-refractivity contribution in [2.75, 3.05) is 20.8 Å². The van der Waals surface area contributed by atoms with Crippen LogP contribution in [0.3, 0.4) is 0 Å². The van der Waals surface area contributed by atoms with E-state index in [2.05, 4.69) is 10.5 Å². The maximum Gasteiger partial charge on any atom is 0.427 e. The Labute approximate surface area is 141 Å². The number of benzene rings is 2. The molecule has 0 saturated heterocycles. The van der Waals surface area contributed by atoms with Crippen molar-refractivity contribution < 1.29 is 19.0 Å². The van der Waals surface area contributed by atoms with E-state index >= 15 is 0 Å². The molecule has 2 rings (SSSR count). The van der Waals surface area contributed by atoms with Crippen LogP contribution in [0.1, 0.15) is 12.5 Å². The first-order chi connectivity index (χ1) is 11.7. The quantitative estimate of drug-likeness (QED) is 0.651. The van der Waals surface area contributed by atoms with Crippen molar-refractivity contribution in [3.05, 3.63) is 48.0 Å². The van der Waals surface area contributed by atoms with Crippen molar-refractivity contribution in [2.24, 2.45) is 5.10 Å². The summed E-state index contributed by atoms with van der Waals surface area (Å²) in [5, 5.41) is 3.92. The summed E-state index contributed by atoms with van der Waals surface area (Å²) in [7, 11) is 3.23. The predicted octanol–water partition coefficient (Wildman–Crippen LogP) is 3.45. The fraction of sp³-hybridized carbons (Fsp3) is 0.222. The lowest BCUT2D eigenvalue weighted by molar-refractivity contribution is 0.152. The van der Waals surface area contributed by atoms with Gasteiger partial charge in [0, 0.05) is 11.1 Å². The lowest BCUT2D eigenvalue weighted by atomic mass is 9.99. The highest BCUT2D eigenvalue weighted by atomic mass is 16.5. The summed E-state index contributed by atoms with van der Waals surface area (Å²) in [6.07, 6.45) is 0.968. The van der Waals surface area contributed by atoms with E-state index in [-0.39, 0.29) is 0 Å². The van der Waals surface area contributed by atoms with E-state index in [1.807, 2.05) is 42.5 Å². The average Bonchev–Trinajstić information content (AvgIpc) is 2.62. The van der Waals surface area contributed by atoms with Crippen LogP contribution in [0.4, 0.5) is 4.79 Å². The Morgan fingerprint density at radius 3 is 2.62 bits per heavy atom. The van der Waals surface area contributed by atoms with Gasteiger partial charge in [0.2, 0.25) is 0 Å². The lowest BCUT2D eigenvalue weighted by Crippen LogP contribution is -2.18. The van der Waals surface area contributed by atoms with Crippen LogP contribution in [-0.4, -0.2) is 33.1 Å². The van der Waals surface area contributed by atoms with Gasteiger partial charge in [0.1, 0.15) is 11.5 Å². The van der Waals surface area contributed by atoms with Crippen LogP contribution >= 0.6 is 0 Å². The van der Waals surface area contributed by atoms with Gasteiger partial charge in [0.05, 0.1) is 27.0 Å². The standard InChI is InChI=1S/C18H20N2O4/c1-4-24-18(21)20-19-12-13-7-5-6-8-15(13)16-11-14(22-2)9-10-17(16)23-3/h5-12H,4H2,1-3H3,(H,20,21)/b19-12+. The van der Waals surface area contributed by atoms with Gasteiger partial charge in [0.25, 0.3) is 0 Å². The second-order valence-electron chi connectivity index (χ2n) is 4.74. The van der Waals surface area contributed by atoms with Gasteiger partial charge in [-0.05, 0) is 30.7 Å². The first-order valence-corrected chi connectivity index (χ1v) is 7.46. The maximum atomic E-state index is 11.3. The Balaban J connectivity index is 2.35. The predicted molar refractivity (Wildman–Crippen MR) is 92.7 cm³/mol. The Hall–Kier alpha value is -3.02. The molecule has 0 atom stereocenters. The molecule has 6 nitrogen and oxygen atoms in total. The summed E-state index contributed by atoms with van der Waals surface area (Å²) < 4.78 is 15.5. The first-order valence-electron chi connectivity index (χ1n) is 7.46. The molecule has 0 radical (unpaired) electrons. The number of carbonyl (C=O) groups is 1. The van der Waals surface area contributed by atoms with E-state index in [0.717, 1.165) is 28.2 Å². The minimum absolute atomic E-state index is 0.291. The molecule has 126 valence electrons. The monoisotopic (exact) mass is 328 g/mol. The summed E-state index contributed by atoms with van der Waals surface area (Å²) in [5.41, 5.74) is 4.91. The summed E-state index contributed by atoms with van der Waals surface area (Å²) in [5.74, 6) is 1.44. The molecule has 2 aromatic carbocycles. The summed E-state index contributed by atoms with van der Waals surface area (Å²) in [6.45, 7) is 2.02. The molecule has 0 saturated carbocycles. The number of hydrazone groups is 1. The lowest BCUT2D eigenvalue weighted by Gasteiger charge is -2.12. The number of nitrogens with zero attached hydrogens (tertiary/aromatic N) is 1. The summed E-state index contributed by atoms with van der Waals surface area (Å²) in [6, 6.07) is 13.2. The molecule has 24 heavy (non-hydrogen) atoms. The molecule has 0 aliphatic carbocycles. The number of rotatable bonds is 6. The molecule has 0 spiro atoms. The van der Waals surface area contributed by atoms with Gasteiger partial charge in [-0.25, -0.2) is 10.2 Å². The number of methoxy groups -OCH3 is 2. The number of amides is 1. The highest BCUT2D eigenvalue weighted by Crippen LogP contribution is 2.34. The van der Waals surface area contributed by atoms with E-state index in [1.165, 1.54) is 0 Å². The second-order valence-corrected chi connectivity index (χ2v) is 4.74. The molecule has 1 N–H and O–H groups in total. The average molecular weight is 328 g/mol. The SMILES string of the molecule is CCOC(=O)N/N=C/c1ccccc1-c1cc(OC)ccc1OC. The zero-order chi connectivity index (χ0) is 17.4. The van der Waals surface area contributed by atoms with Gasteiger partial charge in [-0.1, -0.05) is 24.3 Å². The van der Waals surface area contributed by atoms with E-state index in [0.29, 0.717) is 6.61 Å². The minimum Gasteiger partial charge on any atom is -0.497 e. The van der Waals surface area contributed by atoms with Crippen LogP contribution in [0.15, 0.2) is 47.6 Å². The fourth-order valence-electron chi connectivity index (χ4n) is 2.20. The fourth-order valence-corrected chi connectivity index (χ4v) is 2.20. The van der Waals surface area contributed by atoms with Crippen molar-refractivity contribution in [2.45, 2.75) is 6.92 Å². The largest absolute Gasteiger partial charge is 0.497 e. The molecule has 0 heterocycles. The third kappa shape index (κ3) is 4.25. The first kappa shape index (κ1) is 17.3. The minimum atomic E-state index is -0.592. The van der Waals surface area contributed by atoms with Gasteiger partial charge in [-0.2, -0.15) is 5.10 Å². The van der Waals surface area contributed by atoms with E-state index in [1.54, 1.807) is 27.4 Å². The number of carbonyl (C=O) groups excluding carboxylic acids is 1. The Bertz CT molecular complexity index is 729. The third-order valence-electron chi connectivity index (χ3n) is 3.29. The number of nitrogens with one attached hydrogen (secondary N) is 1. The summed E-state index contributed by atoms with van der Waals surface area (Å²) >= 11 is 0. The molecule has 6 heteroatoms. The van der Waals surface area contributed by atoms with Gasteiger partial charge in [-0.15, -0.1) is 0 Å². The molecule has 0 aromatic heterocycles. The highest BCUT2D eigenvalue weighted by molar-refractivity contribution is 5.92. The highest BCUT2D eigenvalue weighted by Gasteiger charge is 2.10. The molecular formula is C18H20N2O4. The van der Waals surface area contributed by atoms with Gasteiger partial charge in [0.15, 0.2) is 0 Å². The normalized spacial score (nSPS) is 10.5. The maximum absolute atomic E-state index is 11.3. The van der Waals surface area contributed by atoms with E-state index in [4.69, 9.17) is 14.2 Å². The second kappa shape index (κ2) is 8.57. The third-order valence-corrected chi connectivity index (χ3v) is 3.29. The Morgan fingerprint density at radius 2 is 1.92 bits per heavy atom. The van der Waals surface area contributed by atoms with Gasteiger partial charge in [-0.3, -0.25) is 0 Å². The molecule has 0 unspecified atom stereocenters. The summed E-state index contributed by atoms with van der Waals surface area (Å²) in [4.78, 5) is 11.3. The van der Waals surface area contributed by atoms with Crippen LogP contribution in [0.5, 0.6) is 11.5 Å². The zero-order valence-electron chi connectivity index (χ0n) is 13.9. The van der Waals surface area contributed by atoms with Crippen LogP contribution in [0.25, 0.3) is 11.1 Å². The van der Waals surface area contributed by atoms with Crippen LogP contribution < -0.4 is 14.9 Å². The number of hydrogen-bond donors (Lipinski definition) is 1. The number of hydrogen-bond acceptors (Lipinski definition) is 5. The van der Waals surface area contributed by atoms with E-state index in [9.17, 15) is 4.79 Å². The Morgan fingerprint density at radius 1 is 1.12 bits per heavy atom. The van der Waals surface area contributed by atoms with Gasteiger partial charge >= 0.3 is 6.09 Å². The smallest absolute Gasteiger partial charge is 0.427 e. The molecule has 0 bridgehead atoms. The molecular weight excluding hydrogens is 308 g/mol. The molecule has 0 fully saturated rings. The van der Waals surface area contributed by atoms with Crippen molar-refractivity contribution in [3.63, 3.8) is 0 Å². The van der Waals surface area contributed by atoms with E-state index < -0.39 is 6.09 Å². The van der Waals surface area contributed by atoms with Crippen molar-refractivity contribution >= 4 is 12.3 Å². The van der Waals surface area contributed by atoms with Crippen molar-refractivity contribution in [3.8, 4) is 22.6 Å². The topological polar surface area (TPSA) is 69.2 Å². The van der Waals surface area contributed by atoms with Crippen molar-refractivity contribution in [1.82, 2.24) is 5.43 Å². The zero-order valence-corrected chi connectivity index (χ0v) is 13.9. The van der Waals surface area contributed by atoms with Gasteiger partial charge < -0.3 is 14.2 Å². The molecule has 0 aliphatic heterocycles. The molecule has 1 amide bonds. The van der Waals surface area contributed by atoms with Crippen molar-refractivity contribution in [1.29, 1.82) is 0 Å². The van der Waals surface area contributed by atoms with Crippen LogP contribution in [0, 0.1) is 0 Å².